The minimum atomic E-state index is -1.72. The Kier molecular flexibility index (Phi) is 5.83. The molecule has 3 aliphatic rings. The van der Waals surface area contributed by atoms with Gasteiger partial charge >= 0.3 is 5.97 Å². The predicted octanol–water partition coefficient (Wildman–Crippen LogP) is 4.97. The Morgan fingerprint density at radius 3 is 2.15 bits per heavy atom. The van der Waals surface area contributed by atoms with Crippen molar-refractivity contribution in [1.29, 1.82) is 0 Å². The summed E-state index contributed by atoms with van der Waals surface area (Å²) in [6.07, 6.45) is 1.67. The predicted molar refractivity (Wildman–Crippen MR) is 148 cm³/mol. The van der Waals surface area contributed by atoms with Crippen LogP contribution in [-0.2, 0) is 9.53 Å². The van der Waals surface area contributed by atoms with E-state index in [2.05, 4.69) is 0 Å². The molecule has 0 saturated carbocycles. The summed E-state index contributed by atoms with van der Waals surface area (Å²) in [7, 11) is 3.05. The van der Waals surface area contributed by atoms with Gasteiger partial charge in [0.2, 0.25) is 0 Å². The van der Waals surface area contributed by atoms with Crippen LogP contribution in [0, 0.1) is 5.41 Å². The van der Waals surface area contributed by atoms with Gasteiger partial charge in [0.05, 0.1) is 26.5 Å². The summed E-state index contributed by atoms with van der Waals surface area (Å²) in [6, 6.07) is 17.6. The minimum Gasteiger partial charge on any atom is -0.497 e. The number of rotatable bonds is 4. The van der Waals surface area contributed by atoms with Gasteiger partial charge in [0, 0.05) is 22.6 Å². The van der Waals surface area contributed by atoms with Crippen LogP contribution in [-0.4, -0.2) is 54.6 Å². The number of carbonyl (C=O) groups is 3. The maximum absolute atomic E-state index is 14.8. The fourth-order valence-corrected chi connectivity index (χ4v) is 6.54. The number of esters is 1. The average molecular weight is 539 g/mol. The second-order valence-corrected chi connectivity index (χ2v) is 11.3. The van der Waals surface area contributed by atoms with Crippen molar-refractivity contribution >= 4 is 23.8 Å². The quantitative estimate of drug-likeness (QED) is 0.342. The zero-order valence-corrected chi connectivity index (χ0v) is 23.0. The summed E-state index contributed by atoms with van der Waals surface area (Å²) in [5.74, 6) is -1.37. The molecule has 204 valence electrons. The molecular weight excluding hydrogens is 508 g/mol. The van der Waals surface area contributed by atoms with Crippen molar-refractivity contribution in [3.63, 3.8) is 0 Å². The Bertz CT molecular complexity index is 1550. The van der Waals surface area contributed by atoms with Gasteiger partial charge < -0.3 is 14.2 Å². The molecule has 1 fully saturated rings. The van der Waals surface area contributed by atoms with Gasteiger partial charge in [0.15, 0.2) is 17.6 Å². The van der Waals surface area contributed by atoms with Gasteiger partial charge in [-0.25, -0.2) is 4.79 Å². The van der Waals surface area contributed by atoms with E-state index in [0.717, 1.165) is 11.1 Å². The number of hydrazone groups is 1. The van der Waals surface area contributed by atoms with Gasteiger partial charge in [-0.2, -0.15) is 5.10 Å². The van der Waals surface area contributed by atoms with E-state index >= 15 is 0 Å². The molecule has 2 heterocycles. The topological polar surface area (TPSA) is 94.5 Å². The molecule has 0 N–H and O–H groups in total. The lowest BCUT2D eigenvalue weighted by molar-refractivity contribution is -0.161. The molecule has 0 aromatic heterocycles. The summed E-state index contributed by atoms with van der Waals surface area (Å²) in [5.41, 5.74) is 0.126. The Morgan fingerprint density at radius 2 is 1.52 bits per heavy atom. The van der Waals surface area contributed by atoms with E-state index in [-0.39, 0.29) is 11.6 Å². The summed E-state index contributed by atoms with van der Waals surface area (Å²) in [6.45, 7) is 5.35. The zero-order chi connectivity index (χ0) is 28.4. The summed E-state index contributed by atoms with van der Waals surface area (Å²) in [5, 5.41) is 6.32. The molecule has 2 aliphatic heterocycles. The zero-order valence-electron chi connectivity index (χ0n) is 23.0. The van der Waals surface area contributed by atoms with Crippen LogP contribution in [0.5, 0.6) is 11.5 Å². The largest absolute Gasteiger partial charge is 0.497 e. The van der Waals surface area contributed by atoms with Gasteiger partial charge in [-0.1, -0.05) is 48.5 Å². The maximum atomic E-state index is 14.8. The highest BCUT2D eigenvalue weighted by Crippen LogP contribution is 2.65. The first-order chi connectivity index (χ1) is 19.1. The van der Waals surface area contributed by atoms with Gasteiger partial charge in [0.1, 0.15) is 22.5 Å². The number of hydrogen-bond acceptors (Lipinski definition) is 8. The molecule has 3 atom stereocenters. The van der Waals surface area contributed by atoms with Crippen molar-refractivity contribution in [2.24, 2.45) is 10.5 Å². The molecule has 0 bridgehead atoms. The van der Waals surface area contributed by atoms with Gasteiger partial charge in [0.25, 0.3) is 0 Å². The van der Waals surface area contributed by atoms with Crippen LogP contribution in [0.1, 0.15) is 70.1 Å². The van der Waals surface area contributed by atoms with E-state index in [4.69, 9.17) is 19.3 Å². The fourth-order valence-electron chi connectivity index (χ4n) is 6.54. The van der Waals surface area contributed by atoms with Crippen LogP contribution in [0.25, 0.3) is 0 Å². The fraction of sp³-hybridized carbons (Fsp3) is 0.312. The number of fused-ring (bicyclic) bond motifs is 5. The number of carbonyl (C=O) groups excluding carboxylic acids is 3. The first-order valence-electron chi connectivity index (χ1n) is 13.2. The van der Waals surface area contributed by atoms with E-state index < -0.39 is 35.0 Å². The number of nitrogens with zero attached hydrogens (tertiary/aromatic N) is 2. The Hall–Kier alpha value is -4.46. The third-order valence-corrected chi connectivity index (χ3v) is 8.00. The van der Waals surface area contributed by atoms with Crippen molar-refractivity contribution in [3.8, 4) is 11.5 Å². The molecule has 3 aromatic carbocycles. The number of methoxy groups -OCH3 is 2. The second-order valence-electron chi connectivity index (χ2n) is 11.3. The number of ketones is 2. The lowest BCUT2D eigenvalue weighted by Gasteiger charge is -2.36. The Balaban J connectivity index is 1.71. The molecule has 1 spiro atoms. The van der Waals surface area contributed by atoms with Crippen molar-refractivity contribution in [2.75, 3.05) is 14.2 Å². The molecular formula is C32H30N2O6. The third-order valence-electron chi connectivity index (χ3n) is 8.00. The molecule has 1 aliphatic carbocycles. The van der Waals surface area contributed by atoms with Crippen LogP contribution in [0.15, 0.2) is 71.8 Å². The molecule has 8 nitrogen and oxygen atoms in total. The highest BCUT2D eigenvalue weighted by Gasteiger charge is 2.73. The summed E-state index contributed by atoms with van der Waals surface area (Å²) in [4.78, 5) is 43.7. The Morgan fingerprint density at radius 1 is 0.875 bits per heavy atom. The molecule has 1 saturated heterocycles. The first kappa shape index (κ1) is 25.8. The van der Waals surface area contributed by atoms with Crippen LogP contribution in [0.4, 0.5) is 0 Å². The standard InChI is InChI=1S/C32H30N2O6/c1-31(2,3)40-30(37)26-25(23-16-19(38-4)14-15-24(23)39-5)32(28(35)21-12-8-9-13-22(21)29(32)36)27-20-11-7-6-10-18(20)17-33-34(26)27/h6-17,25-27H,1-5H3/t25-,26+,27+/m0/s1. The smallest absolute Gasteiger partial charge is 0.331 e. The van der Waals surface area contributed by atoms with Crippen molar-refractivity contribution in [3.05, 3.63) is 94.5 Å². The number of Topliss-reactive ketones (excluding diaryl/α,β-unsaturated/α-hetero) is 2. The van der Waals surface area contributed by atoms with Gasteiger partial charge in [-0.3, -0.25) is 14.6 Å². The molecule has 0 unspecified atom stereocenters. The second kappa shape index (κ2) is 9.05. The lowest BCUT2D eigenvalue weighted by atomic mass is 9.63. The van der Waals surface area contributed by atoms with E-state index in [0.29, 0.717) is 28.2 Å². The number of benzene rings is 3. The van der Waals surface area contributed by atoms with E-state index in [1.54, 1.807) is 74.5 Å². The molecule has 8 heteroatoms. The van der Waals surface area contributed by atoms with Crippen LogP contribution in [0.3, 0.4) is 0 Å². The molecule has 0 amide bonds. The average Bonchev–Trinajstić information content (AvgIpc) is 3.38. The SMILES string of the molecule is COc1ccc(OC)c([C@H]2[C@H](C(=O)OC(C)(C)C)N3N=Cc4ccccc4[C@@H]3C23C(=O)c2ccccc2C3=O)c1. The van der Waals surface area contributed by atoms with Crippen LogP contribution >= 0.6 is 0 Å². The van der Waals surface area contributed by atoms with E-state index in [1.165, 1.54) is 14.2 Å². The van der Waals surface area contributed by atoms with Gasteiger partial charge in [-0.05, 0) is 50.1 Å². The lowest BCUT2D eigenvalue weighted by Crippen LogP contribution is -2.44. The van der Waals surface area contributed by atoms with Crippen molar-refractivity contribution in [2.45, 2.75) is 44.4 Å². The third kappa shape index (κ3) is 3.51. The molecule has 0 radical (unpaired) electrons. The first-order valence-corrected chi connectivity index (χ1v) is 13.2. The number of hydrogen-bond donors (Lipinski definition) is 0. The minimum absolute atomic E-state index is 0.330. The highest BCUT2D eigenvalue weighted by molar-refractivity contribution is 6.31. The molecule has 40 heavy (non-hydrogen) atoms. The van der Waals surface area contributed by atoms with Gasteiger partial charge in [-0.15, -0.1) is 0 Å². The van der Waals surface area contributed by atoms with Crippen molar-refractivity contribution in [1.82, 2.24) is 5.01 Å². The van der Waals surface area contributed by atoms with E-state index in [1.807, 2.05) is 24.3 Å². The summed E-state index contributed by atoms with van der Waals surface area (Å²) >= 11 is 0. The van der Waals surface area contributed by atoms with E-state index in [9.17, 15) is 14.4 Å². The monoisotopic (exact) mass is 538 g/mol. The van der Waals surface area contributed by atoms with Crippen LogP contribution in [0.2, 0.25) is 0 Å². The Labute approximate surface area is 232 Å². The van der Waals surface area contributed by atoms with Crippen LogP contribution < -0.4 is 9.47 Å². The molecule has 6 rings (SSSR count). The molecule has 3 aromatic rings. The highest BCUT2D eigenvalue weighted by atomic mass is 16.6. The normalized spacial score (nSPS) is 22.1. The van der Waals surface area contributed by atoms with Crippen molar-refractivity contribution < 1.29 is 28.6 Å². The summed E-state index contributed by atoms with van der Waals surface area (Å²) < 4.78 is 17.3. The maximum Gasteiger partial charge on any atom is 0.331 e. The number of ether oxygens (including phenoxy) is 3.